The van der Waals surface area contributed by atoms with E-state index in [2.05, 4.69) is 39.6 Å². The SMILES string of the molecule is CC(C)N(C)CC1CCC(C)(C)C1=O. The van der Waals surface area contributed by atoms with Crippen LogP contribution in [0.2, 0.25) is 0 Å². The molecule has 14 heavy (non-hydrogen) atoms. The largest absolute Gasteiger partial charge is 0.303 e. The van der Waals surface area contributed by atoms with Gasteiger partial charge >= 0.3 is 0 Å². The van der Waals surface area contributed by atoms with Crippen LogP contribution in [0.1, 0.15) is 40.5 Å². The van der Waals surface area contributed by atoms with E-state index in [1.54, 1.807) is 0 Å². The van der Waals surface area contributed by atoms with E-state index in [1.807, 2.05) is 0 Å². The summed E-state index contributed by atoms with van der Waals surface area (Å²) in [6.07, 6.45) is 2.13. The lowest BCUT2D eigenvalue weighted by atomic mass is 9.89. The van der Waals surface area contributed by atoms with Crippen molar-refractivity contribution < 1.29 is 4.79 Å². The molecule has 0 heterocycles. The molecule has 1 atom stereocenters. The summed E-state index contributed by atoms with van der Waals surface area (Å²) in [5.41, 5.74) is -0.0670. The summed E-state index contributed by atoms with van der Waals surface area (Å²) in [5, 5.41) is 0. The third-order valence-corrected chi connectivity index (χ3v) is 3.55. The van der Waals surface area contributed by atoms with Crippen molar-refractivity contribution in [3.8, 4) is 0 Å². The van der Waals surface area contributed by atoms with E-state index in [0.29, 0.717) is 11.8 Å². The van der Waals surface area contributed by atoms with E-state index in [0.717, 1.165) is 19.4 Å². The molecule has 2 heteroatoms. The van der Waals surface area contributed by atoms with Crippen LogP contribution < -0.4 is 0 Å². The van der Waals surface area contributed by atoms with E-state index >= 15 is 0 Å². The summed E-state index contributed by atoms with van der Waals surface area (Å²) in [4.78, 5) is 14.2. The van der Waals surface area contributed by atoms with Crippen LogP contribution in [0.4, 0.5) is 0 Å². The second-order valence-electron chi connectivity index (χ2n) is 5.52. The standard InChI is InChI=1S/C12H23NO/c1-9(2)13(5)8-10-6-7-12(3,4)11(10)14/h9-10H,6-8H2,1-5H3. The van der Waals surface area contributed by atoms with Crippen molar-refractivity contribution in [3.63, 3.8) is 0 Å². The molecule has 0 aliphatic heterocycles. The topological polar surface area (TPSA) is 20.3 Å². The number of carbonyl (C=O) groups excluding carboxylic acids is 1. The van der Waals surface area contributed by atoms with Crippen molar-refractivity contribution in [2.24, 2.45) is 11.3 Å². The number of nitrogens with zero attached hydrogens (tertiary/aromatic N) is 1. The molecule has 1 saturated carbocycles. The maximum Gasteiger partial charge on any atom is 0.142 e. The van der Waals surface area contributed by atoms with Gasteiger partial charge in [0.25, 0.3) is 0 Å². The Morgan fingerprint density at radius 3 is 2.43 bits per heavy atom. The minimum absolute atomic E-state index is 0.0670. The van der Waals surface area contributed by atoms with Gasteiger partial charge in [-0.15, -0.1) is 0 Å². The van der Waals surface area contributed by atoms with Crippen LogP contribution in [0.3, 0.4) is 0 Å². The first-order valence-corrected chi connectivity index (χ1v) is 5.59. The van der Waals surface area contributed by atoms with Crippen molar-refractivity contribution in [2.75, 3.05) is 13.6 Å². The minimum atomic E-state index is -0.0670. The van der Waals surface area contributed by atoms with Crippen LogP contribution in [0, 0.1) is 11.3 Å². The van der Waals surface area contributed by atoms with Crippen molar-refractivity contribution in [3.05, 3.63) is 0 Å². The van der Waals surface area contributed by atoms with Gasteiger partial charge in [0, 0.05) is 23.9 Å². The molecule has 0 saturated heterocycles. The van der Waals surface area contributed by atoms with Crippen LogP contribution in [0.25, 0.3) is 0 Å². The molecule has 0 N–H and O–H groups in total. The zero-order valence-corrected chi connectivity index (χ0v) is 10.1. The van der Waals surface area contributed by atoms with Crippen molar-refractivity contribution >= 4 is 5.78 Å². The third kappa shape index (κ3) is 2.35. The highest BCUT2D eigenvalue weighted by Crippen LogP contribution is 2.37. The fourth-order valence-corrected chi connectivity index (χ4v) is 2.07. The van der Waals surface area contributed by atoms with Gasteiger partial charge in [-0.05, 0) is 33.7 Å². The average molecular weight is 197 g/mol. The summed E-state index contributed by atoms with van der Waals surface area (Å²) in [7, 11) is 2.10. The third-order valence-electron chi connectivity index (χ3n) is 3.55. The molecule has 0 aromatic rings. The summed E-state index contributed by atoms with van der Waals surface area (Å²) >= 11 is 0. The Morgan fingerprint density at radius 2 is 2.07 bits per heavy atom. The monoisotopic (exact) mass is 197 g/mol. The number of hydrogen-bond acceptors (Lipinski definition) is 2. The number of ketones is 1. The Bertz CT molecular complexity index is 220. The quantitative estimate of drug-likeness (QED) is 0.692. The Balaban J connectivity index is 2.53. The molecule has 0 aromatic carbocycles. The lowest BCUT2D eigenvalue weighted by molar-refractivity contribution is -0.127. The van der Waals surface area contributed by atoms with Crippen molar-refractivity contribution in [1.29, 1.82) is 0 Å². The number of rotatable bonds is 3. The second-order valence-corrected chi connectivity index (χ2v) is 5.52. The van der Waals surface area contributed by atoms with Gasteiger partial charge in [0.05, 0.1) is 0 Å². The zero-order chi connectivity index (χ0) is 10.9. The van der Waals surface area contributed by atoms with E-state index in [9.17, 15) is 4.79 Å². The molecule has 1 rings (SSSR count). The highest BCUT2D eigenvalue weighted by molar-refractivity contribution is 5.88. The van der Waals surface area contributed by atoms with Crippen molar-refractivity contribution in [2.45, 2.75) is 46.6 Å². The normalized spacial score (nSPS) is 26.5. The van der Waals surface area contributed by atoms with Crippen LogP contribution in [-0.4, -0.2) is 30.3 Å². The predicted molar refractivity (Wildman–Crippen MR) is 59.3 cm³/mol. The number of carbonyl (C=O) groups is 1. The smallest absolute Gasteiger partial charge is 0.142 e. The summed E-state index contributed by atoms with van der Waals surface area (Å²) in [6, 6.07) is 0.534. The lowest BCUT2D eigenvalue weighted by Gasteiger charge is -2.24. The number of Topliss-reactive ketones (excluding diaryl/α,β-unsaturated/α-hetero) is 1. The molecule has 0 spiro atoms. The highest BCUT2D eigenvalue weighted by atomic mass is 16.1. The van der Waals surface area contributed by atoms with E-state index in [1.165, 1.54) is 0 Å². The first-order valence-electron chi connectivity index (χ1n) is 5.59. The van der Waals surface area contributed by atoms with Gasteiger partial charge in [0.1, 0.15) is 5.78 Å². The molecular formula is C12H23NO. The molecule has 1 aliphatic rings. The molecule has 0 amide bonds. The van der Waals surface area contributed by atoms with E-state index in [4.69, 9.17) is 0 Å². The molecule has 0 aromatic heterocycles. The van der Waals surface area contributed by atoms with Gasteiger partial charge in [0.2, 0.25) is 0 Å². The molecular weight excluding hydrogens is 174 g/mol. The maximum absolute atomic E-state index is 12.0. The van der Waals surface area contributed by atoms with Gasteiger partial charge in [-0.1, -0.05) is 13.8 Å². The van der Waals surface area contributed by atoms with Crippen LogP contribution in [0.15, 0.2) is 0 Å². The molecule has 1 unspecified atom stereocenters. The Kier molecular flexibility index (Phi) is 3.36. The average Bonchev–Trinajstić information content (AvgIpc) is 2.32. The van der Waals surface area contributed by atoms with Crippen LogP contribution in [-0.2, 0) is 4.79 Å². The molecule has 82 valence electrons. The van der Waals surface area contributed by atoms with Crippen LogP contribution in [0.5, 0.6) is 0 Å². The van der Waals surface area contributed by atoms with Gasteiger partial charge in [0.15, 0.2) is 0 Å². The fourth-order valence-electron chi connectivity index (χ4n) is 2.07. The summed E-state index contributed by atoms with van der Waals surface area (Å²) in [5.74, 6) is 0.738. The maximum atomic E-state index is 12.0. The van der Waals surface area contributed by atoms with Crippen LogP contribution >= 0.6 is 0 Å². The number of hydrogen-bond donors (Lipinski definition) is 0. The molecule has 0 bridgehead atoms. The molecule has 0 radical (unpaired) electrons. The van der Waals surface area contributed by atoms with Gasteiger partial charge in [-0.3, -0.25) is 4.79 Å². The first kappa shape index (κ1) is 11.7. The highest BCUT2D eigenvalue weighted by Gasteiger charge is 2.40. The first-order chi connectivity index (χ1) is 6.34. The van der Waals surface area contributed by atoms with E-state index < -0.39 is 0 Å². The zero-order valence-electron chi connectivity index (χ0n) is 10.1. The summed E-state index contributed by atoms with van der Waals surface area (Å²) < 4.78 is 0. The second kappa shape index (κ2) is 4.01. The fraction of sp³-hybridized carbons (Fsp3) is 0.917. The Hall–Kier alpha value is -0.370. The Labute approximate surface area is 87.7 Å². The summed E-state index contributed by atoms with van der Waals surface area (Å²) in [6.45, 7) is 9.42. The lowest BCUT2D eigenvalue weighted by Crippen LogP contribution is -2.35. The van der Waals surface area contributed by atoms with E-state index in [-0.39, 0.29) is 11.3 Å². The molecule has 1 fully saturated rings. The minimum Gasteiger partial charge on any atom is -0.303 e. The molecule has 2 nitrogen and oxygen atoms in total. The molecule has 1 aliphatic carbocycles. The van der Waals surface area contributed by atoms with Gasteiger partial charge in [-0.2, -0.15) is 0 Å². The van der Waals surface area contributed by atoms with Gasteiger partial charge < -0.3 is 4.90 Å². The Morgan fingerprint density at radius 1 is 1.50 bits per heavy atom. The van der Waals surface area contributed by atoms with Crippen molar-refractivity contribution in [1.82, 2.24) is 4.90 Å². The van der Waals surface area contributed by atoms with Gasteiger partial charge in [-0.25, -0.2) is 0 Å². The predicted octanol–water partition coefficient (Wildman–Crippen LogP) is 2.33.